The Bertz CT molecular complexity index is 622. The summed E-state index contributed by atoms with van der Waals surface area (Å²) in [6.07, 6.45) is 4.18. The van der Waals surface area contributed by atoms with Crippen molar-refractivity contribution in [3.05, 3.63) is 35.9 Å². The van der Waals surface area contributed by atoms with Crippen LogP contribution in [0.3, 0.4) is 0 Å². The van der Waals surface area contributed by atoms with Crippen LogP contribution in [0.2, 0.25) is 0 Å². The smallest absolute Gasteiger partial charge is 0.237 e. The average Bonchev–Trinajstić information content (AvgIpc) is 3.25. The van der Waals surface area contributed by atoms with Crippen molar-refractivity contribution < 1.29 is 9.59 Å². The average molecular weight is 409 g/mol. The molecule has 0 radical (unpaired) electrons. The lowest BCUT2D eigenvalue weighted by Gasteiger charge is -2.36. The largest absolute Gasteiger partial charge is 0.354 e. The van der Waals surface area contributed by atoms with Gasteiger partial charge in [-0.2, -0.15) is 0 Å². The Morgan fingerprint density at radius 3 is 2.68 bits per heavy atom. The van der Waals surface area contributed by atoms with Crippen molar-refractivity contribution in [1.29, 1.82) is 0 Å². The van der Waals surface area contributed by atoms with Gasteiger partial charge in [-0.3, -0.25) is 14.5 Å². The molecule has 1 aromatic rings. The number of likely N-dealkylation sites (tertiary alicyclic amines) is 1. The minimum atomic E-state index is -0.149. The lowest BCUT2D eigenvalue weighted by atomic mass is 9.96. The number of amides is 2. The van der Waals surface area contributed by atoms with Crippen LogP contribution in [0.25, 0.3) is 0 Å². The van der Waals surface area contributed by atoms with Gasteiger partial charge in [0.15, 0.2) is 0 Å². The van der Waals surface area contributed by atoms with E-state index in [1.165, 1.54) is 0 Å². The van der Waals surface area contributed by atoms with E-state index in [1.54, 1.807) is 0 Å². The molecule has 2 heterocycles. The molecule has 0 saturated carbocycles. The first-order valence-electron chi connectivity index (χ1n) is 10.2. The Hall–Kier alpha value is -1.63. The second-order valence-electron chi connectivity index (χ2n) is 7.78. The van der Waals surface area contributed by atoms with Gasteiger partial charge in [-0.15, -0.1) is 12.4 Å². The maximum atomic E-state index is 12.5. The fourth-order valence-electron chi connectivity index (χ4n) is 3.99. The van der Waals surface area contributed by atoms with E-state index in [9.17, 15) is 9.59 Å². The third kappa shape index (κ3) is 6.47. The molecule has 3 atom stereocenters. The molecule has 0 spiro atoms. The van der Waals surface area contributed by atoms with Crippen LogP contribution >= 0.6 is 12.4 Å². The van der Waals surface area contributed by atoms with Crippen LogP contribution in [0.1, 0.15) is 38.2 Å². The highest BCUT2D eigenvalue weighted by molar-refractivity contribution is 5.85. The van der Waals surface area contributed by atoms with Gasteiger partial charge in [-0.05, 0) is 57.2 Å². The monoisotopic (exact) mass is 408 g/mol. The Kier molecular flexibility index (Phi) is 9.22. The van der Waals surface area contributed by atoms with Crippen molar-refractivity contribution >= 4 is 24.2 Å². The van der Waals surface area contributed by atoms with E-state index in [4.69, 9.17) is 0 Å². The molecule has 0 aromatic heterocycles. The van der Waals surface area contributed by atoms with E-state index in [-0.39, 0.29) is 36.3 Å². The molecule has 3 unspecified atom stereocenters. The van der Waals surface area contributed by atoms with E-state index in [0.717, 1.165) is 50.9 Å². The van der Waals surface area contributed by atoms with Gasteiger partial charge in [-0.25, -0.2) is 0 Å². The number of carbonyl (C=O) groups excluding carboxylic acids is 2. The fraction of sp³-hybridized carbons (Fsp3) is 0.619. The normalized spacial score (nSPS) is 23.5. The summed E-state index contributed by atoms with van der Waals surface area (Å²) >= 11 is 0. The van der Waals surface area contributed by atoms with Crippen LogP contribution in [-0.4, -0.2) is 55.0 Å². The molecule has 0 aliphatic carbocycles. The predicted octanol–water partition coefficient (Wildman–Crippen LogP) is 1.69. The number of halogens is 1. The molecular formula is C21H33ClN4O2. The number of nitrogens with zero attached hydrogens (tertiary/aromatic N) is 1. The van der Waals surface area contributed by atoms with Crippen molar-refractivity contribution in [2.45, 2.75) is 51.2 Å². The molecule has 3 rings (SSSR count). The number of hydrogen-bond donors (Lipinski definition) is 3. The number of nitrogens with one attached hydrogen (secondary N) is 3. The molecule has 1 aromatic carbocycles. The quantitative estimate of drug-likeness (QED) is 0.642. The number of rotatable bonds is 7. The SMILES string of the molecule is CC(C(=O)NCc1ccccc1)N1CCCC(CNC(=O)C2CCCN2)C1.Cl. The highest BCUT2D eigenvalue weighted by Gasteiger charge is 2.28. The minimum Gasteiger partial charge on any atom is -0.354 e. The van der Waals surface area contributed by atoms with Crippen molar-refractivity contribution in [3.8, 4) is 0 Å². The van der Waals surface area contributed by atoms with Crippen LogP contribution in [-0.2, 0) is 16.1 Å². The Morgan fingerprint density at radius 1 is 1.18 bits per heavy atom. The van der Waals surface area contributed by atoms with Crippen LogP contribution < -0.4 is 16.0 Å². The second-order valence-corrected chi connectivity index (χ2v) is 7.78. The van der Waals surface area contributed by atoms with Crippen LogP contribution in [0.5, 0.6) is 0 Å². The minimum absolute atomic E-state index is 0. The number of benzene rings is 1. The zero-order valence-electron chi connectivity index (χ0n) is 16.7. The molecule has 3 N–H and O–H groups in total. The zero-order chi connectivity index (χ0) is 19.1. The number of piperidine rings is 1. The third-order valence-corrected chi connectivity index (χ3v) is 5.73. The number of hydrogen-bond acceptors (Lipinski definition) is 4. The molecule has 7 heteroatoms. The van der Waals surface area contributed by atoms with Crippen LogP contribution in [0, 0.1) is 5.92 Å². The van der Waals surface area contributed by atoms with Crippen molar-refractivity contribution in [1.82, 2.24) is 20.9 Å². The van der Waals surface area contributed by atoms with Gasteiger partial charge >= 0.3 is 0 Å². The first-order chi connectivity index (χ1) is 13.1. The molecule has 2 amide bonds. The summed E-state index contributed by atoms with van der Waals surface area (Å²) in [6, 6.07) is 9.80. The van der Waals surface area contributed by atoms with Crippen molar-refractivity contribution in [3.63, 3.8) is 0 Å². The van der Waals surface area contributed by atoms with Gasteiger partial charge in [0.25, 0.3) is 0 Å². The van der Waals surface area contributed by atoms with E-state index < -0.39 is 0 Å². The summed E-state index contributed by atoms with van der Waals surface area (Å²) in [4.78, 5) is 27.0. The van der Waals surface area contributed by atoms with Crippen molar-refractivity contribution in [2.75, 3.05) is 26.2 Å². The first kappa shape index (κ1) is 22.7. The summed E-state index contributed by atoms with van der Waals surface area (Å²) in [5, 5.41) is 9.38. The van der Waals surface area contributed by atoms with Crippen LogP contribution in [0.15, 0.2) is 30.3 Å². The lowest BCUT2D eigenvalue weighted by molar-refractivity contribution is -0.127. The molecule has 0 bridgehead atoms. The van der Waals surface area contributed by atoms with Gasteiger partial charge < -0.3 is 16.0 Å². The van der Waals surface area contributed by atoms with Gasteiger partial charge in [0.05, 0.1) is 12.1 Å². The first-order valence-corrected chi connectivity index (χ1v) is 10.2. The lowest BCUT2D eigenvalue weighted by Crippen LogP contribution is -2.51. The summed E-state index contributed by atoms with van der Waals surface area (Å²) in [6.45, 7) is 5.97. The van der Waals surface area contributed by atoms with Crippen LogP contribution in [0.4, 0.5) is 0 Å². The van der Waals surface area contributed by atoms with Gasteiger partial charge in [-0.1, -0.05) is 30.3 Å². The summed E-state index contributed by atoms with van der Waals surface area (Å²) < 4.78 is 0. The zero-order valence-corrected chi connectivity index (χ0v) is 17.5. The van der Waals surface area contributed by atoms with E-state index in [2.05, 4.69) is 20.9 Å². The second kappa shape index (κ2) is 11.4. The van der Waals surface area contributed by atoms with E-state index in [0.29, 0.717) is 19.0 Å². The predicted molar refractivity (Wildman–Crippen MR) is 113 cm³/mol. The maximum Gasteiger partial charge on any atom is 0.237 e. The third-order valence-electron chi connectivity index (χ3n) is 5.73. The number of carbonyl (C=O) groups is 2. The Morgan fingerprint density at radius 2 is 1.96 bits per heavy atom. The van der Waals surface area contributed by atoms with E-state index >= 15 is 0 Å². The Balaban J connectivity index is 0.00000280. The molecule has 2 saturated heterocycles. The maximum absolute atomic E-state index is 12.5. The highest BCUT2D eigenvalue weighted by Crippen LogP contribution is 2.18. The van der Waals surface area contributed by atoms with Crippen molar-refractivity contribution in [2.24, 2.45) is 5.92 Å². The standard InChI is InChI=1S/C21H32N4O2.ClH/c1-16(20(26)23-13-17-7-3-2-4-8-17)25-12-6-9-18(15-25)14-24-21(27)19-10-5-11-22-19;/h2-4,7-8,16,18-19,22H,5-6,9-15H2,1H3,(H,23,26)(H,24,27);1H. The molecule has 2 aliphatic heterocycles. The van der Waals surface area contributed by atoms with Gasteiger partial charge in [0.2, 0.25) is 11.8 Å². The van der Waals surface area contributed by atoms with Gasteiger partial charge in [0, 0.05) is 19.6 Å². The molecule has 2 fully saturated rings. The summed E-state index contributed by atoms with van der Waals surface area (Å²) in [7, 11) is 0. The summed E-state index contributed by atoms with van der Waals surface area (Å²) in [5.74, 6) is 0.602. The van der Waals surface area contributed by atoms with Gasteiger partial charge in [0.1, 0.15) is 0 Å². The summed E-state index contributed by atoms with van der Waals surface area (Å²) in [5.41, 5.74) is 1.11. The molecule has 156 valence electrons. The topological polar surface area (TPSA) is 73.5 Å². The fourth-order valence-corrected chi connectivity index (χ4v) is 3.99. The Labute approximate surface area is 174 Å². The van der Waals surface area contributed by atoms with E-state index in [1.807, 2.05) is 37.3 Å². The molecule has 2 aliphatic rings. The molecule has 6 nitrogen and oxygen atoms in total. The molecular weight excluding hydrogens is 376 g/mol. The highest BCUT2D eigenvalue weighted by atomic mass is 35.5. The molecule has 28 heavy (non-hydrogen) atoms.